The summed E-state index contributed by atoms with van der Waals surface area (Å²) in [5, 5.41) is 0. The average Bonchev–Trinajstić information content (AvgIpc) is 2.29. The Bertz CT molecular complexity index is 415. The molecular formula is C13H17F3N2O. The lowest BCUT2D eigenvalue weighted by atomic mass is 10.0. The fourth-order valence-corrected chi connectivity index (χ4v) is 1.64. The number of ether oxygens (including phenoxy) is 1. The van der Waals surface area contributed by atoms with Crippen LogP contribution in [0.1, 0.15) is 31.4 Å². The molecule has 1 rings (SSSR count). The van der Waals surface area contributed by atoms with E-state index >= 15 is 0 Å². The number of hydrazine groups is 1. The topological polar surface area (TPSA) is 47.3 Å². The van der Waals surface area contributed by atoms with Crippen molar-refractivity contribution in [3.05, 3.63) is 42.0 Å². The minimum Gasteiger partial charge on any atom is -0.406 e. The average molecular weight is 274 g/mol. The molecule has 3 N–H and O–H groups in total. The maximum Gasteiger partial charge on any atom is 0.573 e. The minimum absolute atomic E-state index is 0.128. The van der Waals surface area contributed by atoms with Gasteiger partial charge in [-0.1, -0.05) is 17.7 Å². The molecule has 0 saturated carbocycles. The van der Waals surface area contributed by atoms with E-state index in [2.05, 4.69) is 16.7 Å². The van der Waals surface area contributed by atoms with Crippen LogP contribution in [0.3, 0.4) is 0 Å². The molecule has 6 heteroatoms. The summed E-state index contributed by atoms with van der Waals surface area (Å²) in [7, 11) is 0. The van der Waals surface area contributed by atoms with Gasteiger partial charge in [-0.2, -0.15) is 0 Å². The maximum absolute atomic E-state index is 12.0. The van der Waals surface area contributed by atoms with Crippen molar-refractivity contribution in [2.75, 3.05) is 0 Å². The van der Waals surface area contributed by atoms with Crippen molar-refractivity contribution in [2.24, 2.45) is 5.84 Å². The minimum atomic E-state index is -4.67. The van der Waals surface area contributed by atoms with Crippen LogP contribution in [0.2, 0.25) is 0 Å². The number of rotatable bonds is 6. The fraction of sp³-hybridized carbons (Fsp3) is 0.385. The highest BCUT2D eigenvalue weighted by molar-refractivity contribution is 5.29. The lowest BCUT2D eigenvalue weighted by molar-refractivity contribution is -0.274. The van der Waals surface area contributed by atoms with Crippen molar-refractivity contribution in [3.63, 3.8) is 0 Å². The first-order valence-corrected chi connectivity index (χ1v) is 5.78. The molecule has 0 aromatic heterocycles. The van der Waals surface area contributed by atoms with Crippen LogP contribution < -0.4 is 16.0 Å². The van der Waals surface area contributed by atoms with E-state index in [0.717, 1.165) is 24.0 Å². The van der Waals surface area contributed by atoms with Crippen molar-refractivity contribution in [1.29, 1.82) is 0 Å². The predicted molar refractivity (Wildman–Crippen MR) is 67.2 cm³/mol. The molecule has 1 unspecified atom stereocenters. The van der Waals surface area contributed by atoms with Gasteiger partial charge in [0, 0.05) is 6.04 Å². The number of benzene rings is 1. The number of nitrogens with two attached hydrogens (primary N) is 1. The van der Waals surface area contributed by atoms with Crippen molar-refractivity contribution < 1.29 is 17.9 Å². The molecule has 1 aromatic carbocycles. The van der Waals surface area contributed by atoms with Gasteiger partial charge in [-0.3, -0.25) is 11.3 Å². The lowest BCUT2D eigenvalue weighted by Gasteiger charge is -2.17. The molecule has 0 spiro atoms. The van der Waals surface area contributed by atoms with Gasteiger partial charge in [0.2, 0.25) is 0 Å². The first-order valence-electron chi connectivity index (χ1n) is 5.78. The van der Waals surface area contributed by atoms with Gasteiger partial charge in [0.1, 0.15) is 5.75 Å². The van der Waals surface area contributed by atoms with E-state index in [9.17, 15) is 13.2 Å². The summed E-state index contributed by atoms with van der Waals surface area (Å²) in [6.07, 6.45) is -3.16. The summed E-state index contributed by atoms with van der Waals surface area (Å²) in [6.45, 7) is 5.71. The molecule has 3 nitrogen and oxygen atoms in total. The quantitative estimate of drug-likeness (QED) is 0.474. The Balaban J connectivity index is 2.70. The molecular weight excluding hydrogens is 257 g/mol. The highest BCUT2D eigenvalue weighted by atomic mass is 19.4. The molecule has 0 bridgehead atoms. The number of nitrogens with one attached hydrogen (secondary N) is 1. The van der Waals surface area contributed by atoms with Crippen molar-refractivity contribution >= 4 is 0 Å². The smallest absolute Gasteiger partial charge is 0.406 e. The van der Waals surface area contributed by atoms with Gasteiger partial charge < -0.3 is 4.74 Å². The van der Waals surface area contributed by atoms with Gasteiger partial charge in [-0.25, -0.2) is 0 Å². The van der Waals surface area contributed by atoms with Crippen LogP contribution >= 0.6 is 0 Å². The van der Waals surface area contributed by atoms with E-state index in [1.165, 1.54) is 12.1 Å². The molecule has 1 aromatic rings. The first kappa shape index (κ1) is 15.5. The second-order valence-electron chi connectivity index (χ2n) is 4.33. The summed E-state index contributed by atoms with van der Waals surface area (Å²) in [4.78, 5) is 0. The molecule has 0 amide bonds. The molecule has 106 valence electrons. The van der Waals surface area contributed by atoms with Crippen LogP contribution in [0.25, 0.3) is 0 Å². The SMILES string of the molecule is C=C(C)CCC(NN)c1ccc(OC(F)(F)F)cc1. The first-order chi connectivity index (χ1) is 8.81. The molecule has 0 heterocycles. The number of allylic oxidation sites excluding steroid dienone is 1. The zero-order valence-electron chi connectivity index (χ0n) is 10.6. The zero-order valence-corrected chi connectivity index (χ0v) is 10.6. The molecule has 0 aliphatic carbocycles. The Morgan fingerprint density at radius 3 is 2.37 bits per heavy atom. The molecule has 0 radical (unpaired) electrons. The van der Waals surface area contributed by atoms with Crippen molar-refractivity contribution in [2.45, 2.75) is 32.2 Å². The van der Waals surface area contributed by atoms with Gasteiger partial charge in [-0.05, 0) is 37.5 Å². The molecule has 0 fully saturated rings. The Morgan fingerprint density at radius 1 is 1.37 bits per heavy atom. The maximum atomic E-state index is 12.0. The van der Waals surface area contributed by atoms with Crippen LogP contribution in [-0.4, -0.2) is 6.36 Å². The van der Waals surface area contributed by atoms with Gasteiger partial charge in [-0.15, -0.1) is 19.8 Å². The van der Waals surface area contributed by atoms with Crippen molar-refractivity contribution in [3.8, 4) is 5.75 Å². The number of halogens is 3. The summed E-state index contributed by atoms with van der Waals surface area (Å²) < 4.78 is 39.8. The Kier molecular flexibility index (Phi) is 5.38. The van der Waals surface area contributed by atoms with E-state index in [1.54, 1.807) is 12.1 Å². The van der Waals surface area contributed by atoms with E-state index < -0.39 is 6.36 Å². The predicted octanol–water partition coefficient (Wildman–Crippen LogP) is 3.45. The number of hydrogen-bond acceptors (Lipinski definition) is 3. The normalized spacial score (nSPS) is 13.1. The number of hydrogen-bond donors (Lipinski definition) is 2. The third-order valence-corrected chi connectivity index (χ3v) is 2.58. The highest BCUT2D eigenvalue weighted by Crippen LogP contribution is 2.26. The summed E-state index contributed by atoms with van der Waals surface area (Å²) in [5.74, 6) is 5.20. The monoisotopic (exact) mass is 274 g/mol. The van der Waals surface area contributed by atoms with E-state index in [-0.39, 0.29) is 11.8 Å². The van der Waals surface area contributed by atoms with Crippen LogP contribution in [0.5, 0.6) is 5.75 Å². The fourth-order valence-electron chi connectivity index (χ4n) is 1.64. The Labute approximate surface area is 110 Å². The molecule has 1 atom stereocenters. The van der Waals surface area contributed by atoms with Gasteiger partial charge in [0.05, 0.1) is 0 Å². The van der Waals surface area contributed by atoms with Gasteiger partial charge in [0.15, 0.2) is 0 Å². The van der Waals surface area contributed by atoms with Gasteiger partial charge in [0.25, 0.3) is 0 Å². The third kappa shape index (κ3) is 5.76. The van der Waals surface area contributed by atoms with Crippen LogP contribution in [0.4, 0.5) is 13.2 Å². The van der Waals surface area contributed by atoms with E-state index in [1.807, 2.05) is 6.92 Å². The third-order valence-electron chi connectivity index (χ3n) is 2.58. The van der Waals surface area contributed by atoms with Crippen LogP contribution in [-0.2, 0) is 0 Å². The second kappa shape index (κ2) is 6.58. The van der Waals surface area contributed by atoms with Gasteiger partial charge >= 0.3 is 6.36 Å². The van der Waals surface area contributed by atoms with E-state index in [4.69, 9.17) is 5.84 Å². The largest absolute Gasteiger partial charge is 0.573 e. The Hall–Kier alpha value is -1.53. The summed E-state index contributed by atoms with van der Waals surface area (Å²) in [5.41, 5.74) is 4.47. The van der Waals surface area contributed by atoms with Crippen LogP contribution in [0.15, 0.2) is 36.4 Å². The Morgan fingerprint density at radius 2 is 1.95 bits per heavy atom. The molecule has 19 heavy (non-hydrogen) atoms. The zero-order chi connectivity index (χ0) is 14.5. The van der Waals surface area contributed by atoms with E-state index in [0.29, 0.717) is 0 Å². The standard InChI is InChI=1S/C13H17F3N2O/c1-9(2)3-8-12(18-17)10-4-6-11(7-5-10)19-13(14,15)16/h4-7,12,18H,1,3,8,17H2,2H3. The molecule has 0 aliphatic rings. The second-order valence-corrected chi connectivity index (χ2v) is 4.33. The number of alkyl halides is 3. The van der Waals surface area contributed by atoms with Crippen molar-refractivity contribution in [1.82, 2.24) is 5.43 Å². The highest BCUT2D eigenvalue weighted by Gasteiger charge is 2.31. The van der Waals surface area contributed by atoms with Crippen LogP contribution in [0, 0.1) is 0 Å². The summed E-state index contributed by atoms with van der Waals surface area (Å²) in [6, 6.07) is 5.53. The lowest BCUT2D eigenvalue weighted by Crippen LogP contribution is -2.28. The molecule has 0 aliphatic heterocycles. The summed E-state index contributed by atoms with van der Waals surface area (Å²) >= 11 is 0. The molecule has 0 saturated heterocycles.